The second kappa shape index (κ2) is 6.01. The van der Waals surface area contributed by atoms with Crippen molar-refractivity contribution in [3.63, 3.8) is 0 Å². The van der Waals surface area contributed by atoms with Gasteiger partial charge in [0.15, 0.2) is 0 Å². The number of carbonyl (C=O) groups excluding carboxylic acids is 3. The van der Waals surface area contributed by atoms with Gasteiger partial charge < -0.3 is 4.90 Å². The molecule has 0 aromatic heterocycles. The Morgan fingerprint density at radius 1 is 0.955 bits per heavy atom. The van der Waals surface area contributed by atoms with Gasteiger partial charge >= 0.3 is 6.03 Å². The minimum atomic E-state index is -0.711. The summed E-state index contributed by atoms with van der Waals surface area (Å²) in [5.41, 5.74) is 0.451. The third-order valence-electron chi connectivity index (χ3n) is 3.82. The van der Waals surface area contributed by atoms with Crippen LogP contribution in [0.3, 0.4) is 0 Å². The maximum Gasteiger partial charge on any atom is 0.335 e. The number of hydrogen-bond acceptors (Lipinski definition) is 4. The smallest absolute Gasteiger partial charge is 0.335 e. The highest BCUT2D eigenvalue weighted by Gasteiger charge is 2.37. The maximum atomic E-state index is 12.6. The number of piperidine rings is 1. The fourth-order valence-electron chi connectivity index (χ4n) is 2.69. The van der Waals surface area contributed by atoms with Gasteiger partial charge in [0.2, 0.25) is 0 Å². The largest absolute Gasteiger partial charge is 0.377 e. The molecule has 6 heteroatoms. The Balaban J connectivity index is 1.90. The van der Waals surface area contributed by atoms with Gasteiger partial charge in [-0.05, 0) is 31.4 Å². The van der Waals surface area contributed by atoms with Crippen molar-refractivity contribution < 1.29 is 14.4 Å². The SMILES string of the molecule is O=C1NC(=O)N(c2ccccc2)C(=O)C1=CN1CCCCC1. The van der Waals surface area contributed by atoms with Crippen molar-refractivity contribution in [2.45, 2.75) is 19.3 Å². The Bertz CT molecular complexity index is 633. The number of barbiturate groups is 1. The number of benzene rings is 1. The third-order valence-corrected chi connectivity index (χ3v) is 3.82. The number of para-hydroxylation sites is 1. The van der Waals surface area contributed by atoms with Gasteiger partial charge in [-0.3, -0.25) is 14.9 Å². The number of anilines is 1. The van der Waals surface area contributed by atoms with E-state index >= 15 is 0 Å². The van der Waals surface area contributed by atoms with Crippen LogP contribution in [0.15, 0.2) is 42.1 Å². The van der Waals surface area contributed by atoms with Crippen LogP contribution >= 0.6 is 0 Å². The molecule has 0 radical (unpaired) electrons. The summed E-state index contributed by atoms with van der Waals surface area (Å²) in [7, 11) is 0. The zero-order chi connectivity index (χ0) is 15.5. The fraction of sp³-hybridized carbons (Fsp3) is 0.312. The van der Waals surface area contributed by atoms with E-state index in [1.54, 1.807) is 36.5 Å². The van der Waals surface area contributed by atoms with Gasteiger partial charge in [-0.15, -0.1) is 0 Å². The molecule has 2 heterocycles. The van der Waals surface area contributed by atoms with Gasteiger partial charge in [0.25, 0.3) is 11.8 Å². The first-order valence-corrected chi connectivity index (χ1v) is 7.37. The van der Waals surface area contributed by atoms with Crippen LogP contribution in [0.4, 0.5) is 10.5 Å². The maximum absolute atomic E-state index is 12.6. The average molecular weight is 299 g/mol. The Morgan fingerprint density at radius 3 is 2.32 bits per heavy atom. The van der Waals surface area contributed by atoms with Crippen molar-refractivity contribution in [1.29, 1.82) is 0 Å². The lowest BCUT2D eigenvalue weighted by atomic mass is 10.1. The van der Waals surface area contributed by atoms with E-state index in [2.05, 4.69) is 5.32 Å². The van der Waals surface area contributed by atoms with Crippen molar-refractivity contribution in [3.8, 4) is 0 Å². The Labute approximate surface area is 128 Å². The van der Waals surface area contributed by atoms with E-state index in [-0.39, 0.29) is 5.57 Å². The number of likely N-dealkylation sites (tertiary alicyclic amines) is 1. The van der Waals surface area contributed by atoms with Crippen molar-refractivity contribution in [2.75, 3.05) is 18.0 Å². The Hall–Kier alpha value is -2.63. The van der Waals surface area contributed by atoms with Gasteiger partial charge in [-0.2, -0.15) is 0 Å². The summed E-state index contributed by atoms with van der Waals surface area (Å²) in [4.78, 5) is 39.5. The predicted octanol–water partition coefficient (Wildman–Crippen LogP) is 1.64. The average Bonchev–Trinajstić information content (AvgIpc) is 2.53. The summed E-state index contributed by atoms with van der Waals surface area (Å²) in [5.74, 6) is -1.21. The minimum absolute atomic E-state index is 0.00496. The number of nitrogens with one attached hydrogen (secondary N) is 1. The number of hydrogen-bond donors (Lipinski definition) is 1. The molecular weight excluding hydrogens is 282 g/mol. The summed E-state index contributed by atoms with van der Waals surface area (Å²) < 4.78 is 0. The molecule has 0 atom stereocenters. The lowest BCUT2D eigenvalue weighted by Gasteiger charge is -2.29. The lowest BCUT2D eigenvalue weighted by Crippen LogP contribution is -2.54. The standard InChI is InChI=1S/C16H17N3O3/c20-14-13(11-18-9-5-2-6-10-18)15(21)19(16(22)17-14)12-7-3-1-4-8-12/h1,3-4,7-8,11H,2,5-6,9-10H2,(H,17,20,22). The predicted molar refractivity (Wildman–Crippen MR) is 81.0 cm³/mol. The molecule has 2 fully saturated rings. The highest BCUT2D eigenvalue weighted by atomic mass is 16.2. The number of urea groups is 1. The molecule has 0 aliphatic carbocycles. The zero-order valence-corrected chi connectivity index (χ0v) is 12.1. The van der Waals surface area contributed by atoms with Crippen LogP contribution in [0.1, 0.15) is 19.3 Å². The monoisotopic (exact) mass is 299 g/mol. The number of carbonyl (C=O) groups is 3. The number of rotatable bonds is 2. The van der Waals surface area contributed by atoms with E-state index < -0.39 is 17.8 Å². The van der Waals surface area contributed by atoms with Gasteiger partial charge in [-0.1, -0.05) is 18.2 Å². The molecule has 0 unspecified atom stereocenters. The summed E-state index contributed by atoms with van der Waals surface area (Å²) in [6, 6.07) is 7.88. The lowest BCUT2D eigenvalue weighted by molar-refractivity contribution is -0.122. The molecule has 114 valence electrons. The molecule has 6 nitrogen and oxygen atoms in total. The zero-order valence-electron chi connectivity index (χ0n) is 12.1. The van der Waals surface area contributed by atoms with Gasteiger partial charge in [-0.25, -0.2) is 9.69 Å². The first-order valence-electron chi connectivity index (χ1n) is 7.37. The number of imide groups is 2. The third kappa shape index (κ3) is 2.72. The van der Waals surface area contributed by atoms with Crippen LogP contribution in [0.5, 0.6) is 0 Å². The van der Waals surface area contributed by atoms with Gasteiger partial charge in [0.1, 0.15) is 5.57 Å². The normalized spacial score (nSPS) is 21.3. The van der Waals surface area contributed by atoms with E-state index in [0.717, 1.165) is 37.3 Å². The van der Waals surface area contributed by atoms with E-state index in [1.165, 1.54) is 0 Å². The quantitative estimate of drug-likeness (QED) is 0.666. The van der Waals surface area contributed by atoms with E-state index in [4.69, 9.17) is 0 Å². The summed E-state index contributed by atoms with van der Waals surface area (Å²) in [6.07, 6.45) is 4.83. The molecule has 2 aliphatic rings. The van der Waals surface area contributed by atoms with Crippen molar-refractivity contribution in [3.05, 3.63) is 42.1 Å². The molecule has 22 heavy (non-hydrogen) atoms. The van der Waals surface area contributed by atoms with E-state index in [9.17, 15) is 14.4 Å². The van der Waals surface area contributed by atoms with Crippen molar-refractivity contribution in [1.82, 2.24) is 10.2 Å². The molecular formula is C16H17N3O3. The second-order valence-corrected chi connectivity index (χ2v) is 5.37. The number of amides is 4. The summed E-state index contributed by atoms with van der Waals surface area (Å²) in [6.45, 7) is 1.65. The molecule has 2 aliphatic heterocycles. The first kappa shape index (κ1) is 14.3. The highest BCUT2D eigenvalue weighted by molar-refractivity contribution is 6.37. The van der Waals surface area contributed by atoms with Gasteiger partial charge in [0, 0.05) is 19.3 Å². The fourth-order valence-corrected chi connectivity index (χ4v) is 2.69. The molecule has 1 aromatic carbocycles. The van der Waals surface area contributed by atoms with Crippen LogP contribution in [0, 0.1) is 0 Å². The minimum Gasteiger partial charge on any atom is -0.377 e. The van der Waals surface area contributed by atoms with E-state index in [0.29, 0.717) is 5.69 Å². The molecule has 0 spiro atoms. The topological polar surface area (TPSA) is 69.7 Å². The molecule has 1 N–H and O–H groups in total. The molecule has 1 aromatic rings. The van der Waals surface area contributed by atoms with Crippen LogP contribution in [-0.4, -0.2) is 35.8 Å². The van der Waals surface area contributed by atoms with Crippen LogP contribution < -0.4 is 10.2 Å². The second-order valence-electron chi connectivity index (χ2n) is 5.37. The van der Waals surface area contributed by atoms with Crippen LogP contribution in [0.2, 0.25) is 0 Å². The summed E-state index contributed by atoms with van der Waals surface area (Å²) >= 11 is 0. The molecule has 2 saturated heterocycles. The molecule has 0 bridgehead atoms. The van der Waals surface area contributed by atoms with Crippen LogP contribution in [0.25, 0.3) is 0 Å². The Morgan fingerprint density at radius 2 is 1.64 bits per heavy atom. The Kier molecular flexibility index (Phi) is 3.91. The van der Waals surface area contributed by atoms with E-state index in [1.807, 2.05) is 4.90 Å². The molecule has 3 rings (SSSR count). The van der Waals surface area contributed by atoms with Crippen molar-refractivity contribution >= 4 is 23.5 Å². The summed E-state index contributed by atoms with van der Waals surface area (Å²) in [5, 5.41) is 2.23. The van der Waals surface area contributed by atoms with Gasteiger partial charge in [0.05, 0.1) is 5.69 Å². The molecule has 0 saturated carbocycles. The first-order chi connectivity index (χ1) is 10.7. The molecule has 4 amide bonds. The number of nitrogens with zero attached hydrogens (tertiary/aromatic N) is 2. The van der Waals surface area contributed by atoms with Crippen LogP contribution in [-0.2, 0) is 9.59 Å². The highest BCUT2D eigenvalue weighted by Crippen LogP contribution is 2.21. The van der Waals surface area contributed by atoms with Crippen molar-refractivity contribution in [2.24, 2.45) is 0 Å².